The van der Waals surface area contributed by atoms with Gasteiger partial charge in [0.1, 0.15) is 0 Å². The fourth-order valence-electron chi connectivity index (χ4n) is 9.98. The maximum atomic E-state index is 12.4. The third-order valence-corrected chi connectivity index (χ3v) is 15.4. The zero-order chi connectivity index (χ0) is 44.5. The molecular weight excluding hydrogens is 825 g/mol. The smallest absolute Gasteiger partial charge is 0.198 e. The highest BCUT2D eigenvalue weighted by Gasteiger charge is 2.23. The molecule has 0 aromatic heterocycles. The molecule has 2 saturated carbocycles. The van der Waals surface area contributed by atoms with E-state index in [-0.39, 0.29) is 0 Å². The van der Waals surface area contributed by atoms with Crippen molar-refractivity contribution in [3.05, 3.63) is 130 Å². The minimum absolute atomic E-state index is 0.610. The number of hydrogen-bond donors (Lipinski definition) is 0. The lowest BCUT2D eigenvalue weighted by atomic mass is 9.77. The molecule has 2 aliphatic carbocycles. The van der Waals surface area contributed by atoms with Gasteiger partial charge in [-0.1, -0.05) is 194 Å². The van der Waals surface area contributed by atoms with Crippen LogP contribution < -0.4 is 0 Å². The van der Waals surface area contributed by atoms with E-state index in [1.165, 1.54) is 168 Å². The summed E-state index contributed by atoms with van der Waals surface area (Å²) in [4.78, 5) is 1.27. The van der Waals surface area contributed by atoms with Gasteiger partial charge in [-0.25, -0.2) is 0 Å². The number of thioether (sulfide) groups is 2. The molecule has 346 valence electrons. The number of aryl methyl sites for hydroxylation is 4. The summed E-state index contributed by atoms with van der Waals surface area (Å²) in [6, 6.07) is 33.6. The van der Waals surface area contributed by atoms with Gasteiger partial charge in [0.25, 0.3) is 11.5 Å². The summed E-state index contributed by atoms with van der Waals surface area (Å²) in [5.74, 6) is -1.30. The van der Waals surface area contributed by atoms with E-state index in [1.54, 1.807) is 24.3 Å². The van der Waals surface area contributed by atoms with Crippen LogP contribution in [0.5, 0.6) is 0 Å². The van der Waals surface area contributed by atoms with E-state index in [1.807, 2.05) is 24.3 Å². The average molecular weight is 903 g/mol. The van der Waals surface area contributed by atoms with E-state index >= 15 is 0 Å². The molecule has 0 radical (unpaired) electrons. The van der Waals surface area contributed by atoms with Gasteiger partial charge in [0.15, 0.2) is 0 Å². The van der Waals surface area contributed by atoms with Gasteiger partial charge in [-0.15, -0.1) is 0 Å². The van der Waals surface area contributed by atoms with Crippen molar-refractivity contribution in [2.45, 2.75) is 208 Å². The van der Waals surface area contributed by atoms with Gasteiger partial charge in [-0.2, -0.15) is 17.6 Å². The normalized spacial score (nSPS) is 19.0. The minimum Gasteiger partial charge on any atom is -0.198 e. The first-order chi connectivity index (χ1) is 30.8. The van der Waals surface area contributed by atoms with Crippen molar-refractivity contribution >= 4 is 23.5 Å². The summed E-state index contributed by atoms with van der Waals surface area (Å²) >= 11 is 1.22. The second kappa shape index (κ2) is 29.8. The van der Waals surface area contributed by atoms with Crippen LogP contribution in [-0.2, 0) is 25.7 Å². The number of hydrogen-bond acceptors (Lipinski definition) is 2. The maximum Gasteiger partial charge on any atom is 0.288 e. The van der Waals surface area contributed by atoms with Crippen molar-refractivity contribution in [1.82, 2.24) is 0 Å². The predicted octanol–water partition coefficient (Wildman–Crippen LogP) is 19.2. The van der Waals surface area contributed by atoms with Crippen molar-refractivity contribution < 1.29 is 17.6 Å². The molecule has 63 heavy (non-hydrogen) atoms. The molecule has 0 N–H and O–H groups in total. The Labute approximate surface area is 389 Å². The first-order valence-electron chi connectivity index (χ1n) is 25.0. The van der Waals surface area contributed by atoms with Gasteiger partial charge < -0.3 is 0 Å². The van der Waals surface area contributed by atoms with Crippen molar-refractivity contribution in [2.24, 2.45) is 11.8 Å². The number of unbranched alkanes of at least 4 members (excludes halogenated alkanes) is 9. The van der Waals surface area contributed by atoms with Gasteiger partial charge in [0, 0.05) is 9.79 Å². The Bertz CT molecular complexity index is 1740. The summed E-state index contributed by atoms with van der Waals surface area (Å²) in [6.45, 7) is 4.57. The van der Waals surface area contributed by atoms with E-state index in [4.69, 9.17) is 0 Å². The standard InChI is InChI=1S/C29H40F2S.C28H38F2S/c1-2-3-4-5-6-7-8-23-11-17-26(18-12-23)27-19-13-24(14-20-27)9-10-25-15-21-28(22-16-25)32-29(30)31;1-2-3-4-5-6-7-22-10-16-25(17-11-22)26-18-12-23(13-19-26)8-9-24-14-20-27(21-15-24)31-28(29)30/h13-16,19-23,26,29H,2-12,17-18H2,1H3;12-15,18-22,25,28H,2-11,16-17H2,1H3. The summed E-state index contributed by atoms with van der Waals surface area (Å²) < 4.78 is 49.7. The second-order valence-corrected chi connectivity index (χ2v) is 20.8. The molecule has 2 aliphatic rings. The molecule has 0 heterocycles. The molecule has 0 bridgehead atoms. The highest BCUT2D eigenvalue weighted by atomic mass is 32.2. The maximum absolute atomic E-state index is 12.4. The van der Waals surface area contributed by atoms with E-state index in [0.717, 1.165) is 49.4 Å². The Balaban J connectivity index is 0.000000238. The Morgan fingerprint density at radius 2 is 0.667 bits per heavy atom. The number of rotatable bonds is 25. The van der Waals surface area contributed by atoms with Crippen LogP contribution in [0, 0.1) is 11.8 Å². The lowest BCUT2D eigenvalue weighted by Crippen LogP contribution is -2.13. The molecule has 2 fully saturated rings. The van der Waals surface area contributed by atoms with Crippen LogP contribution >= 0.6 is 23.5 Å². The van der Waals surface area contributed by atoms with Crippen LogP contribution in [0.25, 0.3) is 0 Å². The van der Waals surface area contributed by atoms with Gasteiger partial charge in [-0.05, 0) is 158 Å². The predicted molar refractivity (Wildman–Crippen MR) is 265 cm³/mol. The molecule has 6 rings (SSSR count). The molecule has 0 amide bonds. The highest BCUT2D eigenvalue weighted by Crippen LogP contribution is 2.39. The molecule has 0 nitrogen and oxygen atoms in total. The van der Waals surface area contributed by atoms with E-state index < -0.39 is 11.5 Å². The van der Waals surface area contributed by atoms with Crippen LogP contribution in [0.15, 0.2) is 107 Å². The van der Waals surface area contributed by atoms with E-state index in [9.17, 15) is 17.6 Å². The minimum atomic E-state index is -2.35. The summed E-state index contributed by atoms with van der Waals surface area (Å²) in [7, 11) is 0. The largest absolute Gasteiger partial charge is 0.288 e. The third kappa shape index (κ3) is 20.1. The average Bonchev–Trinajstić information content (AvgIpc) is 3.30. The topological polar surface area (TPSA) is 0 Å². The van der Waals surface area contributed by atoms with E-state index in [2.05, 4.69) is 62.4 Å². The SMILES string of the molecule is CCCCCCCC1CCC(c2ccc(CCc3ccc(SC(F)F)cc3)cc2)CC1.CCCCCCCCC1CCC(c2ccc(CCc3ccc(SC(F)F)cc3)cc2)CC1. The van der Waals surface area contributed by atoms with Crippen LogP contribution in [0.4, 0.5) is 17.6 Å². The molecule has 0 saturated heterocycles. The molecule has 4 aromatic rings. The van der Waals surface area contributed by atoms with Gasteiger partial charge in [-0.3, -0.25) is 0 Å². The zero-order valence-corrected chi connectivity index (χ0v) is 40.3. The van der Waals surface area contributed by atoms with E-state index in [0.29, 0.717) is 33.3 Å². The lowest BCUT2D eigenvalue weighted by Gasteiger charge is -2.29. The molecule has 4 aromatic carbocycles. The monoisotopic (exact) mass is 903 g/mol. The number of benzene rings is 4. The second-order valence-electron chi connectivity index (χ2n) is 18.7. The molecule has 0 spiro atoms. The van der Waals surface area contributed by atoms with Crippen LogP contribution in [-0.4, -0.2) is 11.5 Å². The fraction of sp³-hybridized carbons (Fsp3) is 0.579. The zero-order valence-electron chi connectivity index (χ0n) is 38.7. The van der Waals surface area contributed by atoms with Crippen molar-refractivity contribution in [1.29, 1.82) is 0 Å². The van der Waals surface area contributed by atoms with Crippen molar-refractivity contribution in [2.75, 3.05) is 0 Å². The summed E-state index contributed by atoms with van der Waals surface area (Å²) in [6.07, 6.45) is 33.2. The fourth-order valence-corrected chi connectivity index (χ4v) is 11.0. The Kier molecular flexibility index (Phi) is 24.2. The Morgan fingerprint density at radius 1 is 0.381 bits per heavy atom. The van der Waals surface area contributed by atoms with Crippen molar-refractivity contribution in [3.8, 4) is 0 Å². The van der Waals surface area contributed by atoms with Gasteiger partial charge >= 0.3 is 0 Å². The van der Waals surface area contributed by atoms with Crippen molar-refractivity contribution in [3.63, 3.8) is 0 Å². The first kappa shape index (κ1) is 51.3. The Morgan fingerprint density at radius 3 is 0.968 bits per heavy atom. The highest BCUT2D eigenvalue weighted by molar-refractivity contribution is 7.99. The quantitative estimate of drug-likeness (QED) is 0.0369. The van der Waals surface area contributed by atoms with Gasteiger partial charge in [0.05, 0.1) is 0 Å². The summed E-state index contributed by atoms with van der Waals surface area (Å²) in [5.41, 5.74) is 8.15. The molecule has 6 heteroatoms. The molecule has 0 unspecified atom stereocenters. The van der Waals surface area contributed by atoms with Crippen LogP contribution in [0.1, 0.15) is 194 Å². The number of halogens is 4. The first-order valence-corrected chi connectivity index (χ1v) is 26.8. The molecular formula is C57H78F4S2. The molecule has 0 aliphatic heterocycles. The van der Waals surface area contributed by atoms with Crippen LogP contribution in [0.2, 0.25) is 0 Å². The molecule has 0 atom stereocenters. The number of alkyl halides is 4. The third-order valence-electron chi connectivity index (χ3n) is 14.0. The van der Waals surface area contributed by atoms with Crippen LogP contribution in [0.3, 0.4) is 0 Å². The van der Waals surface area contributed by atoms with Gasteiger partial charge in [0.2, 0.25) is 0 Å². The lowest BCUT2D eigenvalue weighted by molar-refractivity contribution is 0.251. The Hall–Kier alpha value is -2.70. The summed E-state index contributed by atoms with van der Waals surface area (Å²) in [5, 5.41) is 0.